The zero-order valence-electron chi connectivity index (χ0n) is 17.7. The molecule has 1 aliphatic carbocycles. The number of amides is 3. The van der Waals surface area contributed by atoms with Crippen molar-refractivity contribution in [2.75, 3.05) is 18.4 Å². The molecule has 2 aliphatic rings. The van der Waals surface area contributed by atoms with Crippen molar-refractivity contribution in [3.63, 3.8) is 0 Å². The highest BCUT2D eigenvalue weighted by Gasteiger charge is 2.24. The van der Waals surface area contributed by atoms with Crippen molar-refractivity contribution in [3.05, 3.63) is 62.3 Å². The van der Waals surface area contributed by atoms with E-state index in [0.717, 1.165) is 29.9 Å². The van der Waals surface area contributed by atoms with Crippen molar-refractivity contribution in [1.29, 1.82) is 5.41 Å². The molecular weight excluding hydrogens is 471 g/mol. The molecule has 1 fully saturated rings. The van der Waals surface area contributed by atoms with Gasteiger partial charge in [0.2, 0.25) is 0 Å². The van der Waals surface area contributed by atoms with Crippen molar-refractivity contribution in [2.24, 2.45) is 0 Å². The van der Waals surface area contributed by atoms with E-state index in [9.17, 15) is 9.59 Å². The van der Waals surface area contributed by atoms with E-state index in [2.05, 4.69) is 10.6 Å². The molecule has 9 heteroatoms. The number of nitrogens with zero attached hydrogens (tertiary/aromatic N) is 1. The average Bonchev–Trinajstić information content (AvgIpc) is 2.79. The minimum atomic E-state index is -0.746. The van der Waals surface area contributed by atoms with Crippen LogP contribution < -0.4 is 10.6 Å². The number of allylic oxidation sites excluding steroid dienone is 4. The zero-order chi connectivity index (χ0) is 23.3. The Labute approximate surface area is 202 Å². The van der Waals surface area contributed by atoms with Crippen LogP contribution in [0, 0.1) is 5.41 Å². The summed E-state index contributed by atoms with van der Waals surface area (Å²) in [5, 5.41) is 15.7. The quantitative estimate of drug-likeness (QED) is 0.421. The van der Waals surface area contributed by atoms with Gasteiger partial charge in [-0.05, 0) is 68.9 Å². The van der Waals surface area contributed by atoms with E-state index in [1.807, 2.05) is 6.08 Å². The Morgan fingerprint density at radius 1 is 1.03 bits per heavy atom. The Bertz CT molecular complexity index is 1020. The molecule has 0 unspecified atom stereocenters. The predicted molar refractivity (Wildman–Crippen MR) is 131 cm³/mol. The zero-order valence-corrected chi connectivity index (χ0v) is 20.0. The molecule has 1 aromatic carbocycles. The second-order valence-corrected chi connectivity index (χ2v) is 9.07. The van der Waals surface area contributed by atoms with Crippen molar-refractivity contribution in [3.8, 4) is 0 Å². The number of likely N-dealkylation sites (tertiary alicyclic amines) is 1. The summed E-state index contributed by atoms with van der Waals surface area (Å²) in [6.45, 7) is 2.90. The molecule has 6 nitrogen and oxygen atoms in total. The van der Waals surface area contributed by atoms with Gasteiger partial charge in [-0.2, -0.15) is 0 Å². The summed E-state index contributed by atoms with van der Waals surface area (Å²) in [6.07, 6.45) is 7.82. The van der Waals surface area contributed by atoms with Crippen LogP contribution in [0.1, 0.15) is 39.0 Å². The second-order valence-electron chi connectivity index (χ2n) is 7.74. The molecule has 32 heavy (non-hydrogen) atoms. The highest BCUT2D eigenvalue weighted by molar-refractivity contribution is 6.46. The van der Waals surface area contributed by atoms with E-state index in [1.165, 1.54) is 0 Å². The molecule has 1 aliphatic heterocycles. The lowest BCUT2D eigenvalue weighted by molar-refractivity contribution is -0.114. The molecule has 1 saturated heterocycles. The summed E-state index contributed by atoms with van der Waals surface area (Å²) >= 11 is 18.4. The monoisotopic (exact) mass is 494 g/mol. The Balaban J connectivity index is 1.86. The standard InChI is InChI=1S/C23H25Cl3N4O2/c1-14(20(27)22(31)29-23(32)30-11-3-2-4-12-30)21(15-5-7-16(24)8-6-15)28-19-10-9-17(25)13-18(19)26/h5,7,9-10,13,27-28H,2-4,6,8,11-12H2,1H3,(H,29,31,32)/b21-14-,27-20?. The molecule has 3 amide bonds. The maximum atomic E-state index is 12.7. The van der Waals surface area contributed by atoms with Crippen molar-refractivity contribution >= 4 is 58.1 Å². The summed E-state index contributed by atoms with van der Waals surface area (Å²) in [5.74, 6) is -0.746. The van der Waals surface area contributed by atoms with Gasteiger partial charge in [-0.3, -0.25) is 15.5 Å². The Kier molecular flexibility index (Phi) is 8.40. The lowest BCUT2D eigenvalue weighted by Gasteiger charge is -2.26. The number of benzene rings is 1. The van der Waals surface area contributed by atoms with E-state index in [4.69, 9.17) is 40.2 Å². The van der Waals surface area contributed by atoms with E-state index >= 15 is 0 Å². The van der Waals surface area contributed by atoms with Crippen LogP contribution in [0.4, 0.5) is 10.5 Å². The molecule has 0 bridgehead atoms. The SMILES string of the molecule is C/C(C(=N)C(=O)NC(=O)N1CCCCC1)=C(/Nc1ccc(Cl)cc1Cl)C1=CC=C(Cl)CC1. The molecule has 3 rings (SSSR count). The number of hydrogen-bond donors (Lipinski definition) is 3. The van der Waals surface area contributed by atoms with Gasteiger partial charge in [-0.1, -0.05) is 40.9 Å². The molecule has 1 aromatic rings. The number of halogens is 3. The molecule has 0 saturated carbocycles. The Hall–Kier alpha value is -2.28. The van der Waals surface area contributed by atoms with E-state index in [-0.39, 0.29) is 5.71 Å². The van der Waals surface area contributed by atoms with E-state index in [0.29, 0.717) is 52.9 Å². The van der Waals surface area contributed by atoms with E-state index in [1.54, 1.807) is 36.1 Å². The van der Waals surface area contributed by atoms with Crippen molar-refractivity contribution < 1.29 is 9.59 Å². The molecule has 170 valence electrons. The third-order valence-corrected chi connectivity index (χ3v) is 6.31. The second kappa shape index (κ2) is 11.0. The minimum absolute atomic E-state index is 0.301. The van der Waals surface area contributed by atoms with Crippen LogP contribution in [0.5, 0.6) is 0 Å². The van der Waals surface area contributed by atoms with Crippen LogP contribution in [0.2, 0.25) is 10.0 Å². The number of carbonyl (C=O) groups is 2. The first-order valence-electron chi connectivity index (χ1n) is 10.4. The Morgan fingerprint density at radius 3 is 2.38 bits per heavy atom. The summed E-state index contributed by atoms with van der Waals surface area (Å²) in [4.78, 5) is 26.7. The van der Waals surface area contributed by atoms with Crippen LogP contribution in [-0.2, 0) is 4.79 Å². The van der Waals surface area contributed by atoms with Gasteiger partial charge < -0.3 is 10.2 Å². The van der Waals surface area contributed by atoms with Gasteiger partial charge in [0.25, 0.3) is 5.91 Å². The number of urea groups is 1. The fourth-order valence-electron chi connectivity index (χ4n) is 3.59. The van der Waals surface area contributed by atoms with Crippen molar-refractivity contribution in [2.45, 2.75) is 39.0 Å². The number of imide groups is 1. The maximum absolute atomic E-state index is 12.7. The highest BCUT2D eigenvalue weighted by atomic mass is 35.5. The van der Waals surface area contributed by atoms with Gasteiger partial charge >= 0.3 is 6.03 Å². The fraction of sp³-hybridized carbons (Fsp3) is 0.348. The van der Waals surface area contributed by atoms with Gasteiger partial charge in [0, 0.05) is 34.4 Å². The fourth-order valence-corrected chi connectivity index (χ4v) is 4.20. The smallest absolute Gasteiger partial charge is 0.324 e. The highest BCUT2D eigenvalue weighted by Crippen LogP contribution is 2.32. The molecule has 1 heterocycles. The molecule has 0 radical (unpaired) electrons. The number of carbonyl (C=O) groups excluding carboxylic acids is 2. The van der Waals surface area contributed by atoms with Gasteiger partial charge in [0.1, 0.15) is 5.71 Å². The van der Waals surface area contributed by atoms with Gasteiger partial charge in [0.15, 0.2) is 0 Å². The third kappa shape index (κ3) is 6.15. The summed E-state index contributed by atoms with van der Waals surface area (Å²) in [7, 11) is 0. The normalized spacial score (nSPS) is 17.1. The Morgan fingerprint density at radius 2 is 1.75 bits per heavy atom. The number of rotatable bonds is 5. The number of piperidine rings is 1. The number of nitrogens with one attached hydrogen (secondary N) is 3. The lowest BCUT2D eigenvalue weighted by Crippen LogP contribution is -2.47. The van der Waals surface area contributed by atoms with Crippen molar-refractivity contribution in [1.82, 2.24) is 10.2 Å². The molecule has 0 spiro atoms. The lowest BCUT2D eigenvalue weighted by atomic mass is 9.96. The third-order valence-electron chi connectivity index (χ3n) is 5.45. The van der Waals surface area contributed by atoms with Crippen LogP contribution in [0.3, 0.4) is 0 Å². The number of anilines is 1. The summed E-state index contributed by atoms with van der Waals surface area (Å²) in [5.41, 5.74) is 2.12. The van der Waals surface area contributed by atoms with Crippen LogP contribution >= 0.6 is 34.8 Å². The molecule has 3 N–H and O–H groups in total. The topological polar surface area (TPSA) is 85.3 Å². The van der Waals surface area contributed by atoms with E-state index < -0.39 is 11.9 Å². The first kappa shape index (κ1) is 24.4. The predicted octanol–water partition coefficient (Wildman–Crippen LogP) is 6.26. The molecule has 0 atom stereocenters. The largest absolute Gasteiger partial charge is 0.354 e. The summed E-state index contributed by atoms with van der Waals surface area (Å²) in [6, 6.07) is 4.58. The van der Waals surface area contributed by atoms with Gasteiger partial charge in [0.05, 0.1) is 10.7 Å². The number of hydrogen-bond acceptors (Lipinski definition) is 4. The van der Waals surface area contributed by atoms with Gasteiger partial charge in [-0.15, -0.1) is 0 Å². The maximum Gasteiger partial charge on any atom is 0.324 e. The summed E-state index contributed by atoms with van der Waals surface area (Å²) < 4.78 is 0. The average molecular weight is 496 g/mol. The van der Waals surface area contributed by atoms with Crippen LogP contribution in [0.25, 0.3) is 0 Å². The first-order chi connectivity index (χ1) is 15.3. The van der Waals surface area contributed by atoms with Gasteiger partial charge in [-0.25, -0.2) is 4.79 Å². The minimum Gasteiger partial charge on any atom is -0.354 e. The molecular formula is C23H25Cl3N4O2. The van der Waals surface area contributed by atoms with Crippen LogP contribution in [-0.4, -0.2) is 35.6 Å². The molecule has 0 aromatic heterocycles. The first-order valence-corrected chi connectivity index (χ1v) is 11.6. The van der Waals surface area contributed by atoms with Crippen LogP contribution in [0.15, 0.2) is 52.2 Å².